The fourth-order valence-electron chi connectivity index (χ4n) is 5.86. The molecule has 48 heavy (non-hydrogen) atoms. The summed E-state index contributed by atoms with van der Waals surface area (Å²) in [6.45, 7) is 12.4. The molecule has 5 nitrogen and oxygen atoms in total. The van der Waals surface area contributed by atoms with Crippen molar-refractivity contribution in [2.45, 2.75) is 201 Å². The highest BCUT2D eigenvalue weighted by atomic mass is 16.5. The van der Waals surface area contributed by atoms with E-state index in [1.807, 2.05) is 0 Å². The molecule has 0 aliphatic rings. The number of hydrogen-bond acceptors (Lipinski definition) is 5. The van der Waals surface area contributed by atoms with Crippen LogP contribution in [0.15, 0.2) is 36.5 Å². The van der Waals surface area contributed by atoms with Crippen molar-refractivity contribution in [1.29, 1.82) is 0 Å². The van der Waals surface area contributed by atoms with Gasteiger partial charge in [-0.15, -0.1) is 0 Å². The van der Waals surface area contributed by atoms with Gasteiger partial charge in [-0.3, -0.25) is 9.59 Å². The van der Waals surface area contributed by atoms with Gasteiger partial charge in [0.2, 0.25) is 0 Å². The van der Waals surface area contributed by atoms with Gasteiger partial charge >= 0.3 is 11.9 Å². The maximum atomic E-state index is 12.6. The van der Waals surface area contributed by atoms with Crippen molar-refractivity contribution in [2.75, 3.05) is 26.2 Å². The summed E-state index contributed by atoms with van der Waals surface area (Å²) in [7, 11) is 0. The predicted molar refractivity (Wildman–Crippen MR) is 207 cm³/mol. The Morgan fingerprint density at radius 3 is 1.65 bits per heavy atom. The van der Waals surface area contributed by atoms with Crippen molar-refractivity contribution in [2.24, 2.45) is 0 Å². The first kappa shape index (κ1) is 46.1. The van der Waals surface area contributed by atoms with E-state index >= 15 is 0 Å². The van der Waals surface area contributed by atoms with Crippen LogP contribution in [0.25, 0.3) is 0 Å². The number of hydrogen-bond donors (Lipinski definition) is 0. The minimum absolute atomic E-state index is 0.0144. The van der Waals surface area contributed by atoms with Crippen LogP contribution in [0.1, 0.15) is 195 Å². The number of rotatable bonds is 36. The zero-order valence-corrected chi connectivity index (χ0v) is 32.3. The van der Waals surface area contributed by atoms with Crippen LogP contribution in [0.2, 0.25) is 0 Å². The van der Waals surface area contributed by atoms with Crippen LogP contribution in [-0.2, 0) is 19.1 Å². The Morgan fingerprint density at radius 2 is 1.04 bits per heavy atom. The van der Waals surface area contributed by atoms with E-state index in [4.69, 9.17) is 9.47 Å². The SMILES string of the molecule is CCCCC/C=C\C/C=C\CCCCCCCC(=O)OC(C/C=C\CCCCCCCC(=O)OCCCN(CC)CC)CCCCCC. The molecule has 5 heteroatoms. The van der Waals surface area contributed by atoms with Crippen molar-refractivity contribution in [1.82, 2.24) is 4.90 Å². The van der Waals surface area contributed by atoms with Gasteiger partial charge in [-0.2, -0.15) is 0 Å². The molecule has 0 aliphatic carbocycles. The molecular weight excluding hydrogens is 594 g/mol. The molecular formula is C43H79NO4. The molecule has 0 aromatic rings. The smallest absolute Gasteiger partial charge is 0.306 e. The maximum Gasteiger partial charge on any atom is 0.306 e. The molecule has 0 amide bonds. The van der Waals surface area contributed by atoms with Crippen molar-refractivity contribution < 1.29 is 19.1 Å². The van der Waals surface area contributed by atoms with Crippen LogP contribution < -0.4 is 0 Å². The van der Waals surface area contributed by atoms with Crippen LogP contribution in [-0.4, -0.2) is 49.2 Å². The molecule has 0 saturated heterocycles. The van der Waals surface area contributed by atoms with Gasteiger partial charge in [0.15, 0.2) is 0 Å². The maximum absolute atomic E-state index is 12.6. The van der Waals surface area contributed by atoms with Crippen LogP contribution in [0.4, 0.5) is 0 Å². The Bertz CT molecular complexity index is 786. The van der Waals surface area contributed by atoms with Gasteiger partial charge in [0.1, 0.15) is 6.10 Å². The molecule has 0 aromatic heterocycles. The summed E-state index contributed by atoms with van der Waals surface area (Å²) in [6, 6.07) is 0. The molecule has 0 heterocycles. The second-order valence-electron chi connectivity index (χ2n) is 13.6. The lowest BCUT2D eigenvalue weighted by Gasteiger charge is -2.17. The highest BCUT2D eigenvalue weighted by Crippen LogP contribution is 2.16. The summed E-state index contributed by atoms with van der Waals surface area (Å²) in [5.74, 6) is -0.0634. The molecule has 0 aromatic carbocycles. The van der Waals surface area contributed by atoms with E-state index in [0.29, 0.717) is 19.4 Å². The molecule has 0 N–H and O–H groups in total. The molecule has 0 bridgehead atoms. The molecule has 0 rings (SSSR count). The largest absolute Gasteiger partial charge is 0.466 e. The predicted octanol–water partition coefficient (Wildman–Crippen LogP) is 12.6. The third-order valence-electron chi connectivity index (χ3n) is 9.10. The van der Waals surface area contributed by atoms with E-state index in [1.165, 1.54) is 77.0 Å². The quantitative estimate of drug-likeness (QED) is 0.0376. The number of nitrogens with zero attached hydrogens (tertiary/aromatic N) is 1. The molecule has 0 spiro atoms. The van der Waals surface area contributed by atoms with E-state index in [9.17, 15) is 9.59 Å². The monoisotopic (exact) mass is 674 g/mol. The zero-order valence-electron chi connectivity index (χ0n) is 32.3. The van der Waals surface area contributed by atoms with Gasteiger partial charge in [-0.25, -0.2) is 0 Å². The first-order valence-electron chi connectivity index (χ1n) is 20.6. The Hall–Kier alpha value is -1.88. The van der Waals surface area contributed by atoms with E-state index in [1.54, 1.807) is 0 Å². The van der Waals surface area contributed by atoms with Crippen LogP contribution in [0, 0.1) is 0 Å². The highest BCUT2D eigenvalue weighted by Gasteiger charge is 2.13. The average molecular weight is 674 g/mol. The van der Waals surface area contributed by atoms with E-state index in [0.717, 1.165) is 96.7 Å². The number of esters is 2. The molecule has 1 unspecified atom stereocenters. The van der Waals surface area contributed by atoms with Crippen molar-refractivity contribution >= 4 is 11.9 Å². The standard InChI is InChI=1S/C43H79NO4/c1-5-9-11-13-14-15-16-17-18-19-20-21-26-29-33-38-43(46)48-41(35-30-12-10-6-2)36-31-27-24-22-23-25-28-32-37-42(45)47-40-34-39-44(7-3)8-4/h14-15,17-18,27,31,41H,5-13,16,19-26,28-30,32-40H2,1-4H3/b15-14-,18-17-,31-27-. The van der Waals surface area contributed by atoms with Crippen molar-refractivity contribution in [3.63, 3.8) is 0 Å². The highest BCUT2D eigenvalue weighted by molar-refractivity contribution is 5.69. The van der Waals surface area contributed by atoms with E-state index in [2.05, 4.69) is 69.1 Å². The summed E-state index contributed by atoms with van der Waals surface area (Å²) >= 11 is 0. The molecule has 0 aliphatic heterocycles. The van der Waals surface area contributed by atoms with E-state index < -0.39 is 0 Å². The van der Waals surface area contributed by atoms with Crippen molar-refractivity contribution in [3.05, 3.63) is 36.5 Å². The van der Waals surface area contributed by atoms with Crippen LogP contribution in [0.3, 0.4) is 0 Å². The van der Waals surface area contributed by atoms with Crippen LogP contribution >= 0.6 is 0 Å². The van der Waals surface area contributed by atoms with Gasteiger partial charge in [0, 0.05) is 25.8 Å². The number of carbonyl (C=O) groups is 2. The lowest BCUT2D eigenvalue weighted by atomic mass is 10.1. The summed E-state index contributed by atoms with van der Waals surface area (Å²) < 4.78 is 11.3. The summed E-state index contributed by atoms with van der Waals surface area (Å²) in [6.07, 6.45) is 42.1. The second kappa shape index (κ2) is 37.9. The third-order valence-corrected chi connectivity index (χ3v) is 9.10. The molecule has 0 saturated carbocycles. The van der Waals surface area contributed by atoms with Gasteiger partial charge in [0.05, 0.1) is 6.61 Å². The minimum atomic E-state index is -0.0477. The number of ether oxygens (including phenoxy) is 2. The Balaban J connectivity index is 3.97. The topological polar surface area (TPSA) is 55.8 Å². The molecule has 0 radical (unpaired) electrons. The zero-order chi connectivity index (χ0) is 35.2. The van der Waals surface area contributed by atoms with E-state index in [-0.39, 0.29) is 18.0 Å². The molecule has 1 atom stereocenters. The lowest BCUT2D eigenvalue weighted by molar-refractivity contribution is -0.149. The summed E-state index contributed by atoms with van der Waals surface area (Å²) in [4.78, 5) is 26.9. The van der Waals surface area contributed by atoms with Crippen LogP contribution in [0.5, 0.6) is 0 Å². The number of unbranched alkanes of at least 4 members (excludes halogenated alkanes) is 16. The normalized spacial score (nSPS) is 12.6. The second-order valence-corrected chi connectivity index (χ2v) is 13.6. The van der Waals surface area contributed by atoms with Gasteiger partial charge in [-0.1, -0.05) is 135 Å². The lowest BCUT2D eigenvalue weighted by Crippen LogP contribution is -2.25. The van der Waals surface area contributed by atoms with Gasteiger partial charge < -0.3 is 14.4 Å². The summed E-state index contributed by atoms with van der Waals surface area (Å²) in [5.41, 5.74) is 0. The van der Waals surface area contributed by atoms with Crippen molar-refractivity contribution in [3.8, 4) is 0 Å². The Morgan fingerprint density at radius 1 is 0.542 bits per heavy atom. The summed E-state index contributed by atoms with van der Waals surface area (Å²) in [5, 5.41) is 0. The fourth-order valence-corrected chi connectivity index (χ4v) is 5.86. The fraction of sp³-hybridized carbons (Fsp3) is 0.814. The molecule has 0 fully saturated rings. The number of allylic oxidation sites excluding steroid dienone is 5. The number of carbonyl (C=O) groups excluding carboxylic acids is 2. The average Bonchev–Trinajstić information content (AvgIpc) is 3.09. The van der Waals surface area contributed by atoms with Gasteiger partial charge in [-0.05, 0) is 90.1 Å². The van der Waals surface area contributed by atoms with Gasteiger partial charge in [0.25, 0.3) is 0 Å². The molecule has 280 valence electrons. The Kier molecular flexibility index (Phi) is 36.4. The Labute approximate surface area is 298 Å². The minimum Gasteiger partial charge on any atom is -0.466 e. The first-order chi connectivity index (χ1) is 23.6. The third kappa shape index (κ3) is 34.0. The first-order valence-corrected chi connectivity index (χ1v) is 20.6.